The average molecular weight is 528 g/mol. The zero-order valence-electron chi connectivity index (χ0n) is 20.9. The molecule has 1 saturated heterocycles. The van der Waals surface area contributed by atoms with Crippen molar-refractivity contribution in [1.29, 1.82) is 0 Å². The molecule has 200 valence electrons. The second kappa shape index (κ2) is 11.2. The van der Waals surface area contributed by atoms with Crippen molar-refractivity contribution < 1.29 is 42.3 Å². The number of amides is 2. The first-order valence-corrected chi connectivity index (χ1v) is 11.8. The minimum absolute atomic E-state index is 0.0345. The molecular formula is C25H25FN4O8. The van der Waals surface area contributed by atoms with Gasteiger partial charge in [0.1, 0.15) is 23.2 Å². The Morgan fingerprint density at radius 2 is 1.89 bits per heavy atom. The first-order chi connectivity index (χ1) is 18.2. The molecule has 2 aromatic heterocycles. The lowest BCUT2D eigenvalue weighted by molar-refractivity contribution is -0.119. The van der Waals surface area contributed by atoms with Gasteiger partial charge < -0.3 is 28.6 Å². The molecule has 1 N–H and O–H groups in total. The minimum Gasteiger partial charge on any atom is -0.462 e. The van der Waals surface area contributed by atoms with E-state index in [0.29, 0.717) is 5.56 Å². The highest BCUT2D eigenvalue weighted by Crippen LogP contribution is 2.30. The number of nitrogens with zero attached hydrogens (tertiary/aromatic N) is 3. The zero-order valence-corrected chi connectivity index (χ0v) is 20.9. The number of cyclic esters (lactones) is 1. The van der Waals surface area contributed by atoms with Gasteiger partial charge >= 0.3 is 18.0 Å². The average Bonchev–Trinajstić information content (AvgIpc) is 3.61. The SMILES string of the molecule is CCOC(=O)c1onc(-c2ccn(-c3ccc(N4C[C@H](CNC(C)=O)OC4=O)cc3F)c2)c1C(=O)OCC. The Balaban J connectivity index is 1.59. The molecule has 1 atom stereocenters. The van der Waals surface area contributed by atoms with Crippen molar-refractivity contribution in [3.63, 3.8) is 0 Å². The topological polar surface area (TPSA) is 142 Å². The third-order valence-electron chi connectivity index (χ3n) is 5.57. The third kappa shape index (κ3) is 5.36. The van der Waals surface area contributed by atoms with Gasteiger partial charge in [-0.3, -0.25) is 9.69 Å². The van der Waals surface area contributed by atoms with Crippen LogP contribution in [0.15, 0.2) is 41.2 Å². The van der Waals surface area contributed by atoms with Crippen LogP contribution in [-0.2, 0) is 19.0 Å². The van der Waals surface area contributed by atoms with Crippen LogP contribution in [0.2, 0.25) is 0 Å². The number of hydrogen-bond acceptors (Lipinski definition) is 9. The number of carbonyl (C=O) groups excluding carboxylic acids is 4. The number of rotatable bonds is 9. The summed E-state index contributed by atoms with van der Waals surface area (Å²) in [6, 6.07) is 5.78. The Hall–Kier alpha value is -4.68. The Labute approximate surface area is 216 Å². The highest BCUT2D eigenvalue weighted by atomic mass is 19.1. The summed E-state index contributed by atoms with van der Waals surface area (Å²) in [4.78, 5) is 49.5. The first-order valence-electron chi connectivity index (χ1n) is 11.8. The zero-order chi connectivity index (χ0) is 27.4. The molecule has 1 aliphatic rings. The number of nitrogens with one attached hydrogen (secondary N) is 1. The quantitative estimate of drug-likeness (QED) is 0.327. The maximum absolute atomic E-state index is 15.2. The van der Waals surface area contributed by atoms with Gasteiger partial charge in [-0.15, -0.1) is 0 Å². The number of esters is 2. The number of halogens is 1. The Bertz CT molecular complexity index is 1380. The van der Waals surface area contributed by atoms with Crippen molar-refractivity contribution in [3.05, 3.63) is 53.8 Å². The van der Waals surface area contributed by atoms with Crippen LogP contribution in [0.4, 0.5) is 14.9 Å². The molecule has 0 saturated carbocycles. The molecule has 0 unspecified atom stereocenters. The predicted octanol–water partition coefficient (Wildman–Crippen LogP) is 3.09. The summed E-state index contributed by atoms with van der Waals surface area (Å²) in [6.07, 6.45) is 1.83. The summed E-state index contributed by atoms with van der Waals surface area (Å²) in [6.45, 7) is 5.00. The number of anilines is 1. The maximum Gasteiger partial charge on any atom is 0.414 e. The van der Waals surface area contributed by atoms with Crippen LogP contribution < -0.4 is 10.2 Å². The number of hydrogen-bond donors (Lipinski definition) is 1. The van der Waals surface area contributed by atoms with Crippen molar-refractivity contribution in [2.75, 3.05) is 31.2 Å². The van der Waals surface area contributed by atoms with Crippen molar-refractivity contribution >= 4 is 29.6 Å². The Morgan fingerprint density at radius 1 is 1.16 bits per heavy atom. The van der Waals surface area contributed by atoms with Crippen molar-refractivity contribution in [1.82, 2.24) is 15.0 Å². The lowest BCUT2D eigenvalue weighted by Gasteiger charge is -2.14. The van der Waals surface area contributed by atoms with Crippen molar-refractivity contribution in [2.45, 2.75) is 26.9 Å². The summed E-state index contributed by atoms with van der Waals surface area (Å²) < 4.78 is 36.9. The lowest BCUT2D eigenvalue weighted by Crippen LogP contribution is -2.33. The van der Waals surface area contributed by atoms with Crippen LogP contribution in [0.3, 0.4) is 0 Å². The van der Waals surface area contributed by atoms with E-state index in [-0.39, 0.29) is 54.8 Å². The van der Waals surface area contributed by atoms with Crippen LogP contribution in [0.25, 0.3) is 16.9 Å². The summed E-state index contributed by atoms with van der Waals surface area (Å²) in [5.41, 5.74) is 0.635. The molecule has 3 aromatic rings. The Kier molecular flexibility index (Phi) is 7.74. The standard InChI is InChI=1S/C25H25FN4O8/c1-4-35-23(32)20-21(28-38-22(20)24(33)36-5-2)15-8-9-29(12-15)19-7-6-16(10-18(19)26)30-13-17(37-25(30)34)11-27-14(3)31/h6-10,12,17H,4-5,11,13H2,1-3H3,(H,27,31)/t17-/m0/s1. The van der Waals surface area contributed by atoms with Gasteiger partial charge in [-0.05, 0) is 38.1 Å². The van der Waals surface area contributed by atoms with Crippen molar-refractivity contribution in [2.24, 2.45) is 0 Å². The van der Waals surface area contributed by atoms with Gasteiger partial charge in [-0.2, -0.15) is 0 Å². The fourth-order valence-corrected chi connectivity index (χ4v) is 3.87. The second-order valence-corrected chi connectivity index (χ2v) is 8.17. The van der Waals surface area contributed by atoms with Crippen LogP contribution in [-0.4, -0.2) is 66.1 Å². The van der Waals surface area contributed by atoms with E-state index in [1.165, 1.54) is 40.9 Å². The lowest BCUT2D eigenvalue weighted by atomic mass is 10.1. The van der Waals surface area contributed by atoms with Gasteiger partial charge in [0.05, 0.1) is 37.7 Å². The van der Waals surface area contributed by atoms with Gasteiger partial charge in [-0.25, -0.2) is 18.8 Å². The normalized spacial score (nSPS) is 14.8. The number of ether oxygens (including phenoxy) is 3. The molecule has 1 fully saturated rings. The number of aromatic nitrogens is 2. The summed E-state index contributed by atoms with van der Waals surface area (Å²) in [5, 5.41) is 6.45. The molecule has 0 spiro atoms. The molecule has 4 rings (SSSR count). The van der Waals surface area contributed by atoms with Crippen LogP contribution in [0, 0.1) is 5.82 Å². The Morgan fingerprint density at radius 3 is 2.58 bits per heavy atom. The second-order valence-electron chi connectivity index (χ2n) is 8.17. The predicted molar refractivity (Wildman–Crippen MR) is 129 cm³/mol. The highest BCUT2D eigenvalue weighted by molar-refractivity contribution is 6.05. The van der Waals surface area contributed by atoms with E-state index in [1.807, 2.05) is 0 Å². The maximum atomic E-state index is 15.2. The summed E-state index contributed by atoms with van der Waals surface area (Å²) in [5.74, 6) is -2.96. The molecule has 13 heteroatoms. The van der Waals surface area contributed by atoms with E-state index in [9.17, 15) is 19.2 Å². The van der Waals surface area contributed by atoms with E-state index in [2.05, 4.69) is 10.5 Å². The van der Waals surface area contributed by atoms with E-state index in [4.69, 9.17) is 18.7 Å². The molecule has 12 nitrogen and oxygen atoms in total. The smallest absolute Gasteiger partial charge is 0.414 e. The van der Waals surface area contributed by atoms with E-state index >= 15 is 4.39 Å². The molecular weight excluding hydrogens is 503 g/mol. The highest BCUT2D eigenvalue weighted by Gasteiger charge is 2.33. The van der Waals surface area contributed by atoms with Gasteiger partial charge in [0.25, 0.3) is 5.76 Å². The van der Waals surface area contributed by atoms with Crippen LogP contribution in [0.5, 0.6) is 0 Å². The third-order valence-corrected chi connectivity index (χ3v) is 5.57. The number of carbonyl (C=O) groups is 4. The van der Waals surface area contributed by atoms with Crippen LogP contribution >= 0.6 is 0 Å². The first kappa shape index (κ1) is 26.4. The van der Waals surface area contributed by atoms with Gasteiger partial charge in [0, 0.05) is 24.9 Å². The fraction of sp³-hybridized carbons (Fsp3) is 0.320. The van der Waals surface area contributed by atoms with Gasteiger partial charge in [0.2, 0.25) is 5.91 Å². The van der Waals surface area contributed by atoms with Crippen LogP contribution in [0.1, 0.15) is 41.7 Å². The molecule has 0 radical (unpaired) electrons. The largest absolute Gasteiger partial charge is 0.462 e. The summed E-state index contributed by atoms with van der Waals surface area (Å²) >= 11 is 0. The van der Waals surface area contributed by atoms with E-state index in [0.717, 1.165) is 0 Å². The molecule has 0 aliphatic carbocycles. The molecule has 0 bridgehead atoms. The van der Waals surface area contributed by atoms with E-state index in [1.54, 1.807) is 26.0 Å². The summed E-state index contributed by atoms with van der Waals surface area (Å²) in [7, 11) is 0. The van der Waals surface area contributed by atoms with Gasteiger partial charge in [0.15, 0.2) is 0 Å². The molecule has 3 heterocycles. The number of benzene rings is 1. The van der Waals surface area contributed by atoms with Gasteiger partial charge in [-0.1, -0.05) is 5.16 Å². The van der Waals surface area contributed by atoms with Crippen molar-refractivity contribution in [3.8, 4) is 16.9 Å². The van der Waals surface area contributed by atoms with E-state index < -0.39 is 35.7 Å². The molecule has 38 heavy (non-hydrogen) atoms. The monoisotopic (exact) mass is 528 g/mol. The minimum atomic E-state index is -0.866. The molecule has 1 aromatic carbocycles. The fourth-order valence-electron chi connectivity index (χ4n) is 3.87. The molecule has 1 aliphatic heterocycles. The molecule has 2 amide bonds.